The average Bonchev–Trinajstić information content (AvgIpc) is 3.16. The van der Waals surface area contributed by atoms with Gasteiger partial charge in [0.2, 0.25) is 0 Å². The highest BCUT2D eigenvalue weighted by Crippen LogP contribution is 2.21. The Kier molecular flexibility index (Phi) is 6.20. The van der Waals surface area contributed by atoms with Crippen molar-refractivity contribution in [3.8, 4) is 0 Å². The van der Waals surface area contributed by atoms with Crippen LogP contribution in [0.1, 0.15) is 34.2 Å². The summed E-state index contributed by atoms with van der Waals surface area (Å²) in [7, 11) is -3.73. The predicted octanol–water partition coefficient (Wildman–Crippen LogP) is 4.40. The lowest BCUT2D eigenvalue weighted by Crippen LogP contribution is -2.24. The number of anilines is 1. The molecule has 0 fully saturated rings. The van der Waals surface area contributed by atoms with E-state index in [2.05, 4.69) is 19.6 Å². The molecule has 1 aromatic heterocycles. The number of rotatable bonds is 7. The Morgan fingerprint density at radius 2 is 1.73 bits per heavy atom. The Labute approximate surface area is 193 Å². The molecule has 1 amide bonds. The van der Waals surface area contributed by atoms with E-state index < -0.39 is 10.0 Å². The van der Waals surface area contributed by atoms with E-state index in [1.807, 2.05) is 44.2 Å². The molecule has 0 unspecified atom stereocenters. The number of para-hydroxylation sites is 2. The van der Waals surface area contributed by atoms with E-state index in [1.165, 1.54) is 0 Å². The lowest BCUT2D eigenvalue weighted by atomic mass is 10.2. The zero-order valence-corrected chi connectivity index (χ0v) is 19.6. The first kappa shape index (κ1) is 22.5. The van der Waals surface area contributed by atoms with E-state index in [0.717, 1.165) is 29.0 Å². The van der Waals surface area contributed by atoms with Gasteiger partial charge in [-0.05, 0) is 74.4 Å². The van der Waals surface area contributed by atoms with Crippen molar-refractivity contribution in [2.24, 2.45) is 0 Å². The summed E-state index contributed by atoms with van der Waals surface area (Å²) < 4.78 is 30.2. The number of sulfonamides is 1. The molecule has 2 N–H and O–H groups in total. The number of carbonyl (C=O) groups is 1. The Bertz CT molecular complexity index is 1420. The monoisotopic (exact) mass is 462 g/mol. The van der Waals surface area contributed by atoms with E-state index in [4.69, 9.17) is 0 Å². The van der Waals surface area contributed by atoms with Crippen molar-refractivity contribution < 1.29 is 13.2 Å². The molecule has 3 aromatic carbocycles. The second-order valence-electron chi connectivity index (χ2n) is 7.90. The van der Waals surface area contributed by atoms with Gasteiger partial charge in [0.05, 0.1) is 22.5 Å². The molecule has 0 atom stereocenters. The summed E-state index contributed by atoms with van der Waals surface area (Å²) in [5.41, 5.74) is 4.28. The van der Waals surface area contributed by atoms with Gasteiger partial charge in [-0.2, -0.15) is 0 Å². The molecule has 1 heterocycles. The maximum atomic E-state index is 12.8. The summed E-state index contributed by atoms with van der Waals surface area (Å²) in [6, 6.07) is 19.5. The van der Waals surface area contributed by atoms with Crippen LogP contribution >= 0.6 is 0 Å². The fraction of sp³-hybridized carbons (Fsp3) is 0.200. The van der Waals surface area contributed by atoms with E-state index in [0.29, 0.717) is 23.4 Å². The van der Waals surface area contributed by atoms with Crippen LogP contribution in [0.5, 0.6) is 0 Å². The molecule has 4 rings (SSSR count). The molecule has 33 heavy (non-hydrogen) atoms. The van der Waals surface area contributed by atoms with Crippen LogP contribution < -0.4 is 10.0 Å². The van der Waals surface area contributed by atoms with Crippen molar-refractivity contribution in [2.45, 2.75) is 38.8 Å². The molecule has 0 aliphatic heterocycles. The second kappa shape index (κ2) is 9.07. The summed E-state index contributed by atoms with van der Waals surface area (Å²) in [6.45, 7) is 6.69. The van der Waals surface area contributed by atoms with Crippen LogP contribution in [0.2, 0.25) is 0 Å². The zero-order valence-electron chi connectivity index (χ0n) is 18.8. The van der Waals surface area contributed by atoms with Gasteiger partial charge in [0.1, 0.15) is 5.82 Å². The highest BCUT2D eigenvalue weighted by Gasteiger charge is 2.17. The van der Waals surface area contributed by atoms with Crippen LogP contribution in [0.25, 0.3) is 11.0 Å². The highest BCUT2D eigenvalue weighted by molar-refractivity contribution is 7.92. The minimum absolute atomic E-state index is 0.239. The van der Waals surface area contributed by atoms with Crippen molar-refractivity contribution in [1.29, 1.82) is 0 Å². The number of carbonyl (C=O) groups excluding carboxylic acids is 1. The summed E-state index contributed by atoms with van der Waals surface area (Å²) in [6.07, 6.45) is 0. The molecule has 0 saturated carbocycles. The number of nitrogens with one attached hydrogen (secondary N) is 2. The van der Waals surface area contributed by atoms with Crippen LogP contribution in [0.3, 0.4) is 0 Å². The molecule has 0 spiro atoms. The molecule has 0 radical (unpaired) electrons. The quantitative estimate of drug-likeness (QED) is 0.426. The molecular formula is C25H26N4O3S. The Hall–Kier alpha value is -3.65. The largest absolute Gasteiger partial charge is 0.345 e. The third-order valence-corrected chi connectivity index (χ3v) is 7.01. The van der Waals surface area contributed by atoms with Gasteiger partial charge in [-0.25, -0.2) is 13.4 Å². The fourth-order valence-electron chi connectivity index (χ4n) is 3.77. The summed E-state index contributed by atoms with van der Waals surface area (Å²) in [5, 5.41) is 2.90. The summed E-state index contributed by atoms with van der Waals surface area (Å²) >= 11 is 0. The number of amides is 1. The standard InChI is InChI=1S/C25H26N4O3S/c1-4-29-22-8-6-5-7-21(22)27-24(29)16-26-25(30)19-11-13-20(14-12-19)28-33(31,32)23-15-17(2)9-10-18(23)3/h5-15,28H,4,16H2,1-3H3,(H,26,30). The van der Waals surface area contributed by atoms with Crippen molar-refractivity contribution >= 4 is 32.7 Å². The van der Waals surface area contributed by atoms with Gasteiger partial charge >= 0.3 is 0 Å². The second-order valence-corrected chi connectivity index (χ2v) is 9.55. The maximum Gasteiger partial charge on any atom is 0.262 e. The molecule has 0 bridgehead atoms. The van der Waals surface area contributed by atoms with Crippen LogP contribution in [0.4, 0.5) is 5.69 Å². The number of benzene rings is 3. The molecule has 0 aliphatic rings. The number of imidazole rings is 1. The molecule has 0 aliphatic carbocycles. The Morgan fingerprint density at radius 1 is 1.00 bits per heavy atom. The number of nitrogens with zero attached hydrogens (tertiary/aromatic N) is 2. The molecule has 0 saturated heterocycles. The number of aryl methyl sites for hydroxylation is 3. The fourth-order valence-corrected chi connectivity index (χ4v) is 5.16. The number of hydrogen-bond acceptors (Lipinski definition) is 4. The minimum Gasteiger partial charge on any atom is -0.345 e. The molecule has 170 valence electrons. The van der Waals surface area contributed by atoms with Crippen molar-refractivity contribution in [3.05, 3.63) is 89.2 Å². The third kappa shape index (κ3) is 4.75. The van der Waals surface area contributed by atoms with E-state index in [9.17, 15) is 13.2 Å². The molecule has 8 heteroatoms. The van der Waals surface area contributed by atoms with Gasteiger partial charge in [-0.3, -0.25) is 9.52 Å². The Balaban J connectivity index is 1.45. The highest BCUT2D eigenvalue weighted by atomic mass is 32.2. The number of hydrogen-bond donors (Lipinski definition) is 2. The molecule has 7 nitrogen and oxygen atoms in total. The van der Waals surface area contributed by atoms with Crippen molar-refractivity contribution in [1.82, 2.24) is 14.9 Å². The van der Waals surface area contributed by atoms with Gasteiger partial charge in [0, 0.05) is 17.8 Å². The first-order valence-electron chi connectivity index (χ1n) is 10.7. The minimum atomic E-state index is -3.73. The summed E-state index contributed by atoms with van der Waals surface area (Å²) in [5.74, 6) is 0.526. The van der Waals surface area contributed by atoms with Gasteiger partial charge < -0.3 is 9.88 Å². The SMILES string of the molecule is CCn1c(CNC(=O)c2ccc(NS(=O)(=O)c3cc(C)ccc3C)cc2)nc2ccccc21. The predicted molar refractivity (Wildman–Crippen MR) is 130 cm³/mol. The number of fused-ring (bicyclic) bond motifs is 1. The van der Waals surface area contributed by atoms with Crippen molar-refractivity contribution in [2.75, 3.05) is 4.72 Å². The first-order chi connectivity index (χ1) is 15.8. The average molecular weight is 463 g/mol. The lowest BCUT2D eigenvalue weighted by Gasteiger charge is -2.12. The maximum absolute atomic E-state index is 12.8. The summed E-state index contributed by atoms with van der Waals surface area (Å²) in [4.78, 5) is 17.5. The van der Waals surface area contributed by atoms with Crippen LogP contribution in [0, 0.1) is 13.8 Å². The van der Waals surface area contributed by atoms with Gasteiger partial charge in [-0.15, -0.1) is 0 Å². The number of aromatic nitrogens is 2. The molecular weight excluding hydrogens is 436 g/mol. The smallest absolute Gasteiger partial charge is 0.262 e. The van der Waals surface area contributed by atoms with Gasteiger partial charge in [0.15, 0.2) is 0 Å². The van der Waals surface area contributed by atoms with Gasteiger partial charge in [-0.1, -0.05) is 24.3 Å². The van der Waals surface area contributed by atoms with Crippen LogP contribution in [-0.2, 0) is 23.1 Å². The molecule has 4 aromatic rings. The third-order valence-electron chi connectivity index (χ3n) is 5.49. The van der Waals surface area contributed by atoms with Crippen LogP contribution in [-0.4, -0.2) is 23.9 Å². The Morgan fingerprint density at radius 3 is 2.45 bits per heavy atom. The van der Waals surface area contributed by atoms with E-state index in [-0.39, 0.29) is 10.8 Å². The topological polar surface area (TPSA) is 93.1 Å². The van der Waals surface area contributed by atoms with Crippen molar-refractivity contribution in [3.63, 3.8) is 0 Å². The van der Waals surface area contributed by atoms with E-state index >= 15 is 0 Å². The lowest BCUT2D eigenvalue weighted by molar-refractivity contribution is 0.0949. The van der Waals surface area contributed by atoms with Crippen LogP contribution in [0.15, 0.2) is 71.6 Å². The zero-order chi connectivity index (χ0) is 23.6. The van der Waals surface area contributed by atoms with Gasteiger partial charge in [0.25, 0.3) is 15.9 Å². The van der Waals surface area contributed by atoms with E-state index in [1.54, 1.807) is 43.3 Å². The normalized spacial score (nSPS) is 11.5. The first-order valence-corrected chi connectivity index (χ1v) is 12.2.